The van der Waals surface area contributed by atoms with Crippen LogP contribution >= 0.6 is 0 Å². The molecule has 1 fully saturated rings. The fourth-order valence-electron chi connectivity index (χ4n) is 2.42. The third kappa shape index (κ3) is 5.19. The van der Waals surface area contributed by atoms with E-state index < -0.39 is 5.97 Å². The van der Waals surface area contributed by atoms with E-state index in [2.05, 4.69) is 0 Å². The molecular weight excluding hydrogens is 262 g/mol. The van der Waals surface area contributed by atoms with Crippen LogP contribution in [0.15, 0.2) is 0 Å². The first-order valence-electron chi connectivity index (χ1n) is 7.10. The Labute approximate surface area is 119 Å². The number of carboxylic acid groups (broad SMARTS) is 1. The molecule has 1 aliphatic heterocycles. The van der Waals surface area contributed by atoms with Crippen LogP contribution in [0.3, 0.4) is 0 Å². The second-order valence-electron chi connectivity index (χ2n) is 5.31. The Morgan fingerprint density at radius 3 is 2.35 bits per heavy atom. The lowest BCUT2D eigenvalue weighted by atomic mass is 9.96. The van der Waals surface area contributed by atoms with Gasteiger partial charge in [0.15, 0.2) is 0 Å². The molecule has 1 saturated heterocycles. The number of ether oxygens (including phenoxy) is 1. The molecule has 0 aromatic heterocycles. The van der Waals surface area contributed by atoms with Crippen molar-refractivity contribution >= 4 is 17.8 Å². The van der Waals surface area contributed by atoms with E-state index in [-0.39, 0.29) is 36.6 Å². The number of carbonyl (C=O) groups is 3. The molecule has 1 unspecified atom stereocenters. The summed E-state index contributed by atoms with van der Waals surface area (Å²) in [5.74, 6) is -1.37. The molecule has 1 rings (SSSR count). The van der Waals surface area contributed by atoms with Crippen molar-refractivity contribution in [2.75, 3.05) is 19.7 Å². The maximum absolute atomic E-state index is 12.0. The van der Waals surface area contributed by atoms with E-state index in [0.29, 0.717) is 32.5 Å². The predicted octanol–water partition coefficient (Wildman–Crippen LogP) is 1.29. The third-order valence-electron chi connectivity index (χ3n) is 3.51. The molecule has 1 amide bonds. The van der Waals surface area contributed by atoms with Crippen molar-refractivity contribution in [3.8, 4) is 0 Å². The van der Waals surface area contributed by atoms with Gasteiger partial charge in [0.1, 0.15) is 0 Å². The minimum Gasteiger partial charge on any atom is -0.481 e. The molecule has 1 heterocycles. The zero-order valence-electron chi connectivity index (χ0n) is 12.1. The van der Waals surface area contributed by atoms with Crippen molar-refractivity contribution in [3.05, 3.63) is 0 Å². The Bertz CT molecular complexity index is 361. The normalized spacial score (nSPS) is 17.6. The van der Waals surface area contributed by atoms with Gasteiger partial charge in [-0.1, -0.05) is 6.92 Å². The van der Waals surface area contributed by atoms with Crippen LogP contribution < -0.4 is 0 Å². The topological polar surface area (TPSA) is 83.9 Å². The number of amides is 1. The van der Waals surface area contributed by atoms with Gasteiger partial charge in [-0.15, -0.1) is 0 Å². The van der Waals surface area contributed by atoms with Crippen LogP contribution in [0.4, 0.5) is 0 Å². The monoisotopic (exact) mass is 285 g/mol. The van der Waals surface area contributed by atoms with Crippen molar-refractivity contribution in [2.24, 2.45) is 11.8 Å². The van der Waals surface area contributed by atoms with Crippen LogP contribution in [0.5, 0.6) is 0 Å². The van der Waals surface area contributed by atoms with Gasteiger partial charge in [-0.2, -0.15) is 0 Å². The Kier molecular flexibility index (Phi) is 6.48. The number of aliphatic carboxylic acids is 1. The number of carbonyl (C=O) groups excluding carboxylic acids is 2. The molecule has 0 bridgehead atoms. The molecule has 0 aliphatic carbocycles. The number of nitrogens with zero attached hydrogens (tertiary/aromatic N) is 1. The lowest BCUT2D eigenvalue weighted by Gasteiger charge is -2.31. The maximum Gasteiger partial charge on any atom is 0.309 e. The average molecular weight is 285 g/mol. The van der Waals surface area contributed by atoms with E-state index in [9.17, 15) is 14.4 Å². The molecule has 6 nitrogen and oxygen atoms in total. The molecule has 6 heteroatoms. The summed E-state index contributed by atoms with van der Waals surface area (Å²) in [6, 6.07) is 0. The standard InChI is InChI=1S/C14H23NO5/c1-3-20-14(19)11-4-6-15(7-5-11)12(16)8-10(2)9-13(17)18/h10-11H,3-9H2,1-2H3,(H,17,18). The Morgan fingerprint density at radius 1 is 1.25 bits per heavy atom. The second-order valence-corrected chi connectivity index (χ2v) is 5.31. The average Bonchev–Trinajstić information content (AvgIpc) is 2.38. The highest BCUT2D eigenvalue weighted by Crippen LogP contribution is 2.20. The Balaban J connectivity index is 2.35. The first-order chi connectivity index (χ1) is 9.43. The lowest BCUT2D eigenvalue weighted by Crippen LogP contribution is -2.41. The van der Waals surface area contributed by atoms with Gasteiger partial charge in [-0.05, 0) is 25.7 Å². The molecule has 1 atom stereocenters. The van der Waals surface area contributed by atoms with Crippen molar-refractivity contribution in [3.63, 3.8) is 0 Å². The van der Waals surface area contributed by atoms with Gasteiger partial charge < -0.3 is 14.7 Å². The van der Waals surface area contributed by atoms with E-state index in [0.717, 1.165) is 0 Å². The molecule has 0 radical (unpaired) electrons. The van der Waals surface area contributed by atoms with Gasteiger partial charge in [0.2, 0.25) is 5.91 Å². The third-order valence-corrected chi connectivity index (χ3v) is 3.51. The SMILES string of the molecule is CCOC(=O)C1CCN(C(=O)CC(C)CC(=O)O)CC1. The van der Waals surface area contributed by atoms with Crippen LogP contribution in [-0.4, -0.2) is 47.5 Å². The van der Waals surface area contributed by atoms with Gasteiger partial charge >= 0.3 is 11.9 Å². The largest absolute Gasteiger partial charge is 0.481 e. The van der Waals surface area contributed by atoms with Gasteiger partial charge in [-0.3, -0.25) is 14.4 Å². The highest BCUT2D eigenvalue weighted by Gasteiger charge is 2.28. The molecule has 0 aromatic carbocycles. The zero-order valence-corrected chi connectivity index (χ0v) is 12.1. The highest BCUT2D eigenvalue weighted by molar-refractivity contribution is 5.78. The van der Waals surface area contributed by atoms with Gasteiger partial charge in [0.05, 0.1) is 12.5 Å². The van der Waals surface area contributed by atoms with Crippen LogP contribution in [0.25, 0.3) is 0 Å². The molecule has 1 N–H and O–H groups in total. The summed E-state index contributed by atoms with van der Waals surface area (Å²) < 4.78 is 4.98. The minimum absolute atomic E-state index is 0.00499. The van der Waals surface area contributed by atoms with E-state index in [1.807, 2.05) is 0 Å². The van der Waals surface area contributed by atoms with Gasteiger partial charge in [0.25, 0.3) is 0 Å². The van der Waals surface area contributed by atoms with Crippen LogP contribution in [0.1, 0.15) is 39.5 Å². The maximum atomic E-state index is 12.0. The Morgan fingerprint density at radius 2 is 1.85 bits per heavy atom. The summed E-state index contributed by atoms with van der Waals surface area (Å²) in [5.41, 5.74) is 0. The summed E-state index contributed by atoms with van der Waals surface area (Å²) >= 11 is 0. The summed E-state index contributed by atoms with van der Waals surface area (Å²) in [7, 11) is 0. The Hall–Kier alpha value is -1.59. The van der Waals surface area contributed by atoms with Crippen molar-refractivity contribution in [1.29, 1.82) is 0 Å². The van der Waals surface area contributed by atoms with Gasteiger partial charge in [0, 0.05) is 25.9 Å². The molecule has 0 aromatic rings. The zero-order chi connectivity index (χ0) is 15.1. The summed E-state index contributed by atoms with van der Waals surface area (Å²) in [6.07, 6.45) is 1.50. The summed E-state index contributed by atoms with van der Waals surface area (Å²) in [5, 5.41) is 8.68. The summed E-state index contributed by atoms with van der Waals surface area (Å²) in [4.78, 5) is 35.9. The lowest BCUT2D eigenvalue weighted by molar-refractivity contribution is -0.151. The van der Waals surface area contributed by atoms with Crippen LogP contribution in [0.2, 0.25) is 0 Å². The molecular formula is C14H23NO5. The van der Waals surface area contributed by atoms with E-state index in [4.69, 9.17) is 9.84 Å². The highest BCUT2D eigenvalue weighted by atomic mass is 16.5. The predicted molar refractivity (Wildman–Crippen MR) is 72.0 cm³/mol. The number of hydrogen-bond acceptors (Lipinski definition) is 4. The van der Waals surface area contributed by atoms with Crippen LogP contribution in [-0.2, 0) is 19.1 Å². The number of likely N-dealkylation sites (tertiary alicyclic amines) is 1. The smallest absolute Gasteiger partial charge is 0.309 e. The van der Waals surface area contributed by atoms with E-state index in [1.165, 1.54) is 0 Å². The van der Waals surface area contributed by atoms with Crippen molar-refractivity contribution in [2.45, 2.75) is 39.5 Å². The van der Waals surface area contributed by atoms with Gasteiger partial charge in [-0.25, -0.2) is 0 Å². The molecule has 0 saturated carbocycles. The number of piperidine rings is 1. The first-order valence-corrected chi connectivity index (χ1v) is 7.10. The quantitative estimate of drug-likeness (QED) is 0.743. The molecule has 0 spiro atoms. The number of carboxylic acids is 1. The number of hydrogen-bond donors (Lipinski definition) is 1. The first kappa shape index (κ1) is 16.5. The molecule has 1 aliphatic rings. The van der Waals surface area contributed by atoms with Crippen molar-refractivity contribution < 1.29 is 24.2 Å². The van der Waals surface area contributed by atoms with E-state index in [1.54, 1.807) is 18.7 Å². The van der Waals surface area contributed by atoms with Crippen LogP contribution in [0, 0.1) is 11.8 Å². The van der Waals surface area contributed by atoms with Crippen molar-refractivity contribution in [1.82, 2.24) is 4.90 Å². The number of esters is 1. The fraction of sp³-hybridized carbons (Fsp3) is 0.786. The summed E-state index contributed by atoms with van der Waals surface area (Å²) in [6.45, 7) is 5.01. The molecule has 114 valence electrons. The number of rotatable bonds is 6. The molecule has 20 heavy (non-hydrogen) atoms. The minimum atomic E-state index is -0.883. The fourth-order valence-corrected chi connectivity index (χ4v) is 2.42. The second kappa shape index (κ2) is 7.87. The van der Waals surface area contributed by atoms with E-state index >= 15 is 0 Å².